The van der Waals surface area contributed by atoms with E-state index in [-0.39, 0.29) is 11.6 Å². The van der Waals surface area contributed by atoms with Crippen molar-refractivity contribution in [1.29, 1.82) is 0 Å². The van der Waals surface area contributed by atoms with Crippen molar-refractivity contribution in [2.24, 2.45) is 5.73 Å². The lowest BCUT2D eigenvalue weighted by Crippen LogP contribution is -2.18. The molecule has 82 valence electrons. The molecule has 1 fully saturated rings. The Bertz CT molecular complexity index is 372. The van der Waals surface area contributed by atoms with E-state index in [9.17, 15) is 0 Å². The Kier molecular flexibility index (Phi) is 2.65. The van der Waals surface area contributed by atoms with Gasteiger partial charge in [-0.3, -0.25) is 0 Å². The van der Waals surface area contributed by atoms with Crippen LogP contribution in [-0.2, 0) is 5.54 Å². The van der Waals surface area contributed by atoms with E-state index in [0.717, 1.165) is 24.2 Å². The van der Waals surface area contributed by atoms with Crippen LogP contribution in [0.3, 0.4) is 0 Å². The Morgan fingerprint density at radius 2 is 2.07 bits per heavy atom. The molecule has 1 saturated carbocycles. The van der Waals surface area contributed by atoms with Gasteiger partial charge in [0.1, 0.15) is 5.75 Å². The zero-order valence-electron chi connectivity index (χ0n) is 9.09. The van der Waals surface area contributed by atoms with Crippen LogP contribution in [0.2, 0.25) is 5.02 Å². The number of nitrogens with two attached hydrogens (primary N) is 1. The molecular weight excluding hydrogens is 210 g/mol. The Hall–Kier alpha value is -0.730. The molecule has 0 unspecified atom stereocenters. The third-order valence-corrected chi connectivity index (χ3v) is 2.95. The fraction of sp³-hybridized carbons (Fsp3) is 0.500. The van der Waals surface area contributed by atoms with E-state index in [1.807, 2.05) is 32.0 Å². The second-order valence-corrected chi connectivity index (χ2v) is 4.88. The summed E-state index contributed by atoms with van der Waals surface area (Å²) in [6, 6.07) is 5.84. The predicted octanol–water partition coefficient (Wildman–Crippen LogP) is 3.08. The van der Waals surface area contributed by atoms with Gasteiger partial charge in [0.25, 0.3) is 0 Å². The van der Waals surface area contributed by atoms with Gasteiger partial charge in [0.15, 0.2) is 0 Å². The van der Waals surface area contributed by atoms with Gasteiger partial charge in [0.2, 0.25) is 0 Å². The van der Waals surface area contributed by atoms with Crippen LogP contribution in [0.1, 0.15) is 32.3 Å². The van der Waals surface area contributed by atoms with Gasteiger partial charge in [-0.2, -0.15) is 0 Å². The SMILES string of the molecule is CC(C)Oc1ccc(C2(N)CC2)cc1Cl. The van der Waals surface area contributed by atoms with Gasteiger partial charge in [-0.1, -0.05) is 17.7 Å². The number of hydrogen-bond acceptors (Lipinski definition) is 2. The summed E-state index contributed by atoms with van der Waals surface area (Å²) in [5.74, 6) is 0.736. The maximum absolute atomic E-state index is 6.13. The maximum Gasteiger partial charge on any atom is 0.138 e. The minimum absolute atomic E-state index is 0.125. The van der Waals surface area contributed by atoms with Crippen molar-refractivity contribution in [3.05, 3.63) is 28.8 Å². The molecule has 1 aliphatic carbocycles. The summed E-state index contributed by atoms with van der Waals surface area (Å²) in [6.45, 7) is 3.96. The summed E-state index contributed by atoms with van der Waals surface area (Å²) in [4.78, 5) is 0. The lowest BCUT2D eigenvalue weighted by atomic mass is 10.1. The first-order chi connectivity index (χ1) is 7.01. The van der Waals surface area contributed by atoms with Crippen molar-refractivity contribution < 1.29 is 4.74 Å². The van der Waals surface area contributed by atoms with Crippen LogP contribution < -0.4 is 10.5 Å². The molecule has 0 spiro atoms. The van der Waals surface area contributed by atoms with Crippen LogP contribution in [0, 0.1) is 0 Å². The molecule has 0 amide bonds. The van der Waals surface area contributed by atoms with Gasteiger partial charge >= 0.3 is 0 Å². The van der Waals surface area contributed by atoms with Gasteiger partial charge in [0.05, 0.1) is 11.1 Å². The Labute approximate surface area is 95.4 Å². The van der Waals surface area contributed by atoms with E-state index in [1.165, 1.54) is 0 Å². The quantitative estimate of drug-likeness (QED) is 0.858. The van der Waals surface area contributed by atoms with Crippen LogP contribution in [0.5, 0.6) is 5.75 Å². The molecule has 1 aliphatic rings. The molecular formula is C12H16ClNO. The van der Waals surface area contributed by atoms with Crippen LogP contribution in [0.25, 0.3) is 0 Å². The van der Waals surface area contributed by atoms with Crippen LogP contribution in [0.15, 0.2) is 18.2 Å². The molecule has 0 heterocycles. The highest BCUT2D eigenvalue weighted by Crippen LogP contribution is 2.44. The van der Waals surface area contributed by atoms with Gasteiger partial charge in [-0.05, 0) is 44.4 Å². The molecule has 0 saturated heterocycles. The molecule has 15 heavy (non-hydrogen) atoms. The van der Waals surface area contributed by atoms with Crippen molar-refractivity contribution >= 4 is 11.6 Å². The summed E-state index contributed by atoms with van der Waals surface area (Å²) >= 11 is 6.13. The Morgan fingerprint density at radius 1 is 1.40 bits per heavy atom. The van der Waals surface area contributed by atoms with E-state index < -0.39 is 0 Å². The highest BCUT2D eigenvalue weighted by molar-refractivity contribution is 6.32. The molecule has 0 aliphatic heterocycles. The third-order valence-electron chi connectivity index (χ3n) is 2.66. The van der Waals surface area contributed by atoms with Gasteiger partial charge in [-0.15, -0.1) is 0 Å². The van der Waals surface area contributed by atoms with Crippen LogP contribution >= 0.6 is 11.6 Å². The highest BCUT2D eigenvalue weighted by atomic mass is 35.5. The minimum atomic E-state index is -0.125. The summed E-state index contributed by atoms with van der Waals surface area (Å²) in [6.07, 6.45) is 2.24. The van der Waals surface area contributed by atoms with Gasteiger partial charge < -0.3 is 10.5 Å². The summed E-state index contributed by atoms with van der Waals surface area (Å²) in [5, 5.41) is 0.651. The molecule has 2 N–H and O–H groups in total. The monoisotopic (exact) mass is 225 g/mol. The molecule has 1 aromatic carbocycles. The van der Waals surface area contributed by atoms with E-state index in [2.05, 4.69) is 0 Å². The fourth-order valence-corrected chi connectivity index (χ4v) is 1.81. The smallest absolute Gasteiger partial charge is 0.138 e. The van der Waals surface area contributed by atoms with Crippen LogP contribution in [0.4, 0.5) is 0 Å². The number of halogens is 1. The summed E-state index contributed by atoms with van der Waals surface area (Å²) in [7, 11) is 0. The normalized spacial score (nSPS) is 17.9. The average Bonchev–Trinajstić information content (AvgIpc) is 2.88. The van der Waals surface area contributed by atoms with Gasteiger partial charge in [-0.25, -0.2) is 0 Å². The van der Waals surface area contributed by atoms with Crippen molar-refractivity contribution in [2.45, 2.75) is 38.3 Å². The fourth-order valence-electron chi connectivity index (χ4n) is 1.58. The van der Waals surface area contributed by atoms with Crippen molar-refractivity contribution in [2.75, 3.05) is 0 Å². The van der Waals surface area contributed by atoms with Crippen LogP contribution in [-0.4, -0.2) is 6.10 Å². The number of rotatable bonds is 3. The molecule has 2 rings (SSSR count). The van der Waals surface area contributed by atoms with Crippen molar-refractivity contribution in [3.8, 4) is 5.75 Å². The summed E-state index contributed by atoms with van der Waals surface area (Å²) < 4.78 is 5.56. The first kappa shape index (κ1) is 10.8. The number of ether oxygens (including phenoxy) is 1. The highest BCUT2D eigenvalue weighted by Gasteiger charge is 2.40. The van der Waals surface area contributed by atoms with E-state index in [0.29, 0.717) is 5.02 Å². The zero-order valence-corrected chi connectivity index (χ0v) is 9.84. The standard InChI is InChI=1S/C12H16ClNO/c1-8(2)15-11-4-3-9(7-10(11)13)12(14)5-6-12/h3-4,7-8H,5-6,14H2,1-2H3. The average molecular weight is 226 g/mol. The van der Waals surface area contributed by atoms with E-state index >= 15 is 0 Å². The second kappa shape index (κ2) is 3.69. The topological polar surface area (TPSA) is 35.2 Å². The zero-order chi connectivity index (χ0) is 11.1. The number of benzene rings is 1. The molecule has 0 aromatic heterocycles. The second-order valence-electron chi connectivity index (χ2n) is 4.47. The largest absolute Gasteiger partial charge is 0.489 e. The molecule has 3 heteroatoms. The molecule has 2 nitrogen and oxygen atoms in total. The third kappa shape index (κ3) is 2.27. The maximum atomic E-state index is 6.13. The molecule has 1 aromatic rings. The van der Waals surface area contributed by atoms with E-state index in [4.69, 9.17) is 22.1 Å². The lowest BCUT2D eigenvalue weighted by Gasteiger charge is -2.14. The molecule has 0 bridgehead atoms. The van der Waals surface area contributed by atoms with Gasteiger partial charge in [0, 0.05) is 5.54 Å². The molecule has 0 radical (unpaired) electrons. The Morgan fingerprint density at radius 3 is 2.53 bits per heavy atom. The van der Waals surface area contributed by atoms with Crippen molar-refractivity contribution in [1.82, 2.24) is 0 Å². The predicted molar refractivity (Wildman–Crippen MR) is 62.3 cm³/mol. The number of hydrogen-bond donors (Lipinski definition) is 1. The lowest BCUT2D eigenvalue weighted by molar-refractivity contribution is 0.242. The minimum Gasteiger partial charge on any atom is -0.489 e. The van der Waals surface area contributed by atoms with E-state index in [1.54, 1.807) is 0 Å². The van der Waals surface area contributed by atoms with Crippen molar-refractivity contribution in [3.63, 3.8) is 0 Å². The summed E-state index contributed by atoms with van der Waals surface area (Å²) in [5.41, 5.74) is 7.08. The first-order valence-corrected chi connectivity index (χ1v) is 5.65. The Balaban J connectivity index is 2.23. The first-order valence-electron chi connectivity index (χ1n) is 5.27. The molecule has 0 atom stereocenters.